The Labute approximate surface area is 62.3 Å². The molecule has 2 heteroatoms. The van der Waals surface area contributed by atoms with Crippen molar-refractivity contribution in [1.82, 2.24) is 5.32 Å². The van der Waals surface area contributed by atoms with Gasteiger partial charge in [-0.15, -0.1) is 0 Å². The lowest BCUT2D eigenvalue weighted by Crippen LogP contribution is -2.12. The summed E-state index contributed by atoms with van der Waals surface area (Å²) in [6.45, 7) is 7.22. The van der Waals surface area contributed by atoms with Crippen molar-refractivity contribution in [1.29, 1.82) is 0 Å². The number of rotatable bonds is 4. The molecule has 0 aliphatic heterocycles. The zero-order valence-corrected chi connectivity index (χ0v) is 6.95. The molecule has 0 heterocycles. The molecule has 0 unspecified atom stereocenters. The average Bonchev–Trinajstić information content (AvgIpc) is 1.88. The van der Waals surface area contributed by atoms with Crippen molar-refractivity contribution in [2.75, 3.05) is 13.1 Å². The summed E-state index contributed by atoms with van der Waals surface area (Å²) < 4.78 is 12.7. The summed E-state index contributed by atoms with van der Waals surface area (Å²) in [5.74, 6) is -0.000365. The molecule has 0 aromatic carbocycles. The van der Waals surface area contributed by atoms with Crippen molar-refractivity contribution in [2.45, 2.75) is 20.8 Å². The molecule has 0 saturated carbocycles. The quantitative estimate of drug-likeness (QED) is 0.597. The van der Waals surface area contributed by atoms with Crippen LogP contribution in [0.1, 0.15) is 20.8 Å². The van der Waals surface area contributed by atoms with Crippen LogP contribution in [0.15, 0.2) is 11.9 Å². The summed E-state index contributed by atoms with van der Waals surface area (Å²) in [5, 5.41) is 3.02. The van der Waals surface area contributed by atoms with Crippen molar-refractivity contribution in [2.24, 2.45) is 5.92 Å². The van der Waals surface area contributed by atoms with Gasteiger partial charge in [0.1, 0.15) is 0 Å². The summed E-state index contributed by atoms with van der Waals surface area (Å²) in [6.07, 6.45) is 1.59. The Morgan fingerprint density at radius 2 is 2.20 bits per heavy atom. The van der Waals surface area contributed by atoms with Crippen LogP contribution in [0, 0.1) is 5.92 Å². The lowest BCUT2D eigenvalue weighted by Gasteiger charge is -2.00. The monoisotopic (exact) mass is 145 g/mol. The molecule has 0 atom stereocenters. The summed E-state index contributed by atoms with van der Waals surface area (Å²) in [5.41, 5.74) is 0. The van der Waals surface area contributed by atoms with E-state index in [1.807, 2.05) is 20.8 Å². The number of allylic oxidation sites excluding steroid dienone is 1. The van der Waals surface area contributed by atoms with Crippen LogP contribution in [0.5, 0.6) is 0 Å². The van der Waals surface area contributed by atoms with E-state index in [-0.39, 0.29) is 11.7 Å². The molecule has 0 radical (unpaired) electrons. The van der Waals surface area contributed by atoms with Crippen LogP contribution in [-0.4, -0.2) is 13.1 Å². The Morgan fingerprint density at radius 3 is 2.60 bits per heavy atom. The molecule has 0 spiro atoms. The first-order valence-corrected chi connectivity index (χ1v) is 3.74. The van der Waals surface area contributed by atoms with Gasteiger partial charge in [-0.1, -0.05) is 20.8 Å². The van der Waals surface area contributed by atoms with E-state index in [0.717, 1.165) is 6.54 Å². The van der Waals surface area contributed by atoms with E-state index in [1.54, 1.807) is 6.08 Å². The Morgan fingerprint density at radius 1 is 1.60 bits per heavy atom. The van der Waals surface area contributed by atoms with Gasteiger partial charge in [-0.2, -0.15) is 0 Å². The number of hydrogen-bond donors (Lipinski definition) is 1. The van der Waals surface area contributed by atoms with Gasteiger partial charge in [-0.05, 0) is 12.6 Å². The first-order chi connectivity index (χ1) is 4.68. The number of nitrogens with one attached hydrogen (secondary N) is 1. The van der Waals surface area contributed by atoms with E-state index < -0.39 is 0 Å². The fraction of sp³-hybridized carbons (Fsp3) is 0.750. The van der Waals surface area contributed by atoms with Gasteiger partial charge in [-0.3, -0.25) is 0 Å². The first kappa shape index (κ1) is 9.63. The lowest BCUT2D eigenvalue weighted by molar-refractivity contribution is 0.514. The van der Waals surface area contributed by atoms with Gasteiger partial charge in [0.25, 0.3) is 0 Å². The Bertz CT molecular complexity index is 108. The van der Waals surface area contributed by atoms with Crippen LogP contribution in [0.4, 0.5) is 4.39 Å². The molecule has 0 aliphatic carbocycles. The second kappa shape index (κ2) is 5.42. The highest BCUT2D eigenvalue weighted by atomic mass is 19.1. The Kier molecular flexibility index (Phi) is 5.22. The van der Waals surface area contributed by atoms with Gasteiger partial charge in [0.2, 0.25) is 0 Å². The first-order valence-electron chi connectivity index (χ1n) is 3.74. The summed E-state index contributed by atoms with van der Waals surface area (Å²) >= 11 is 0. The maximum Gasteiger partial charge on any atom is 0.0997 e. The second-order valence-electron chi connectivity index (χ2n) is 2.55. The van der Waals surface area contributed by atoms with E-state index in [1.165, 1.54) is 0 Å². The van der Waals surface area contributed by atoms with E-state index in [0.29, 0.717) is 6.54 Å². The number of likely N-dealkylation sites (N-methyl/N-ethyl adjacent to an activating group) is 1. The number of halogens is 1. The minimum Gasteiger partial charge on any atom is -0.313 e. The van der Waals surface area contributed by atoms with E-state index in [9.17, 15) is 4.39 Å². The highest BCUT2D eigenvalue weighted by Crippen LogP contribution is 2.08. The van der Waals surface area contributed by atoms with Gasteiger partial charge in [-0.25, -0.2) is 4.39 Å². The standard InChI is InChI=1S/C8H16FN/c1-4-10-6-5-8(9)7(2)3/h5,7,10H,4,6H2,1-3H3/b8-5-. The van der Waals surface area contributed by atoms with Crippen LogP contribution >= 0.6 is 0 Å². The largest absolute Gasteiger partial charge is 0.313 e. The van der Waals surface area contributed by atoms with Gasteiger partial charge in [0, 0.05) is 12.5 Å². The summed E-state index contributed by atoms with van der Waals surface area (Å²) in [7, 11) is 0. The zero-order chi connectivity index (χ0) is 7.98. The fourth-order valence-corrected chi connectivity index (χ4v) is 0.550. The predicted molar refractivity (Wildman–Crippen MR) is 42.6 cm³/mol. The normalized spacial score (nSPS) is 12.7. The second-order valence-corrected chi connectivity index (χ2v) is 2.55. The highest BCUT2D eigenvalue weighted by molar-refractivity contribution is 4.95. The molecule has 0 aliphatic rings. The maximum atomic E-state index is 12.7. The maximum absolute atomic E-state index is 12.7. The molecular weight excluding hydrogens is 129 g/mol. The molecule has 1 nitrogen and oxygen atoms in total. The van der Waals surface area contributed by atoms with E-state index >= 15 is 0 Å². The molecule has 10 heavy (non-hydrogen) atoms. The minimum atomic E-state index is -0.0269. The van der Waals surface area contributed by atoms with Gasteiger partial charge < -0.3 is 5.32 Å². The number of hydrogen-bond acceptors (Lipinski definition) is 1. The van der Waals surface area contributed by atoms with Crippen LogP contribution in [-0.2, 0) is 0 Å². The van der Waals surface area contributed by atoms with Crippen molar-refractivity contribution in [3.63, 3.8) is 0 Å². The Hall–Kier alpha value is -0.370. The molecule has 0 amide bonds. The topological polar surface area (TPSA) is 12.0 Å². The van der Waals surface area contributed by atoms with Crippen molar-refractivity contribution < 1.29 is 4.39 Å². The molecule has 0 aromatic rings. The predicted octanol–water partition coefficient (Wildman–Crippen LogP) is 2.11. The zero-order valence-electron chi connectivity index (χ0n) is 6.95. The van der Waals surface area contributed by atoms with Crippen molar-refractivity contribution in [3.05, 3.63) is 11.9 Å². The highest BCUT2D eigenvalue weighted by Gasteiger charge is 1.98. The molecule has 1 N–H and O–H groups in total. The lowest BCUT2D eigenvalue weighted by atomic mass is 10.2. The van der Waals surface area contributed by atoms with Gasteiger partial charge >= 0.3 is 0 Å². The summed E-state index contributed by atoms with van der Waals surface area (Å²) in [6, 6.07) is 0. The van der Waals surface area contributed by atoms with Gasteiger partial charge in [0.15, 0.2) is 0 Å². The molecule has 0 rings (SSSR count). The minimum absolute atomic E-state index is 0.0265. The van der Waals surface area contributed by atoms with E-state index in [4.69, 9.17) is 0 Å². The SMILES string of the molecule is CCNC/C=C(\F)C(C)C. The fourth-order valence-electron chi connectivity index (χ4n) is 0.550. The molecule has 0 aromatic heterocycles. The van der Waals surface area contributed by atoms with Crippen LogP contribution in [0.3, 0.4) is 0 Å². The third kappa shape index (κ3) is 4.50. The molecule has 0 fully saturated rings. The van der Waals surface area contributed by atoms with Gasteiger partial charge in [0.05, 0.1) is 5.83 Å². The van der Waals surface area contributed by atoms with Crippen LogP contribution in [0.25, 0.3) is 0 Å². The van der Waals surface area contributed by atoms with Crippen LogP contribution in [0.2, 0.25) is 0 Å². The molecule has 60 valence electrons. The average molecular weight is 145 g/mol. The van der Waals surface area contributed by atoms with E-state index in [2.05, 4.69) is 5.32 Å². The third-order valence-electron chi connectivity index (χ3n) is 1.24. The smallest absolute Gasteiger partial charge is 0.0997 e. The molecule has 0 bridgehead atoms. The third-order valence-corrected chi connectivity index (χ3v) is 1.24. The molecule has 0 saturated heterocycles. The Balaban J connectivity index is 3.48. The molecular formula is C8H16FN. The van der Waals surface area contributed by atoms with Crippen molar-refractivity contribution in [3.8, 4) is 0 Å². The summed E-state index contributed by atoms with van der Waals surface area (Å²) in [4.78, 5) is 0. The van der Waals surface area contributed by atoms with Crippen molar-refractivity contribution >= 4 is 0 Å². The van der Waals surface area contributed by atoms with Crippen LogP contribution < -0.4 is 5.32 Å².